The van der Waals surface area contributed by atoms with Gasteiger partial charge in [0, 0.05) is 13.2 Å². The summed E-state index contributed by atoms with van der Waals surface area (Å²) in [4.78, 5) is 28.1. The molecule has 16 heteroatoms. The number of carbonyl (C=O) groups is 2. The monoisotopic (exact) mass is 519 g/mol. The largest absolute Gasteiger partial charge is 0.490 e. The number of alkyl halides is 6. The molecule has 2 atom stereocenters. The summed E-state index contributed by atoms with van der Waals surface area (Å²) >= 11 is 0. The fourth-order valence-corrected chi connectivity index (χ4v) is 3.89. The Morgan fingerprint density at radius 2 is 1.81 bits per heavy atom. The highest BCUT2D eigenvalue weighted by atomic mass is 19.4. The highest BCUT2D eigenvalue weighted by Crippen LogP contribution is 2.33. The molecule has 36 heavy (non-hydrogen) atoms. The molecular formula is C20H19F6N7O3. The van der Waals surface area contributed by atoms with Gasteiger partial charge in [0.25, 0.3) is 5.91 Å². The van der Waals surface area contributed by atoms with Crippen molar-refractivity contribution >= 4 is 29.0 Å². The van der Waals surface area contributed by atoms with Crippen molar-refractivity contribution in [1.82, 2.24) is 24.4 Å². The third-order valence-electron chi connectivity index (χ3n) is 5.48. The zero-order valence-electron chi connectivity index (χ0n) is 18.5. The molecule has 0 bridgehead atoms. The first-order valence-electron chi connectivity index (χ1n) is 10.6. The number of hydrogen-bond donors (Lipinski definition) is 2. The van der Waals surface area contributed by atoms with Crippen LogP contribution >= 0.6 is 0 Å². The minimum absolute atomic E-state index is 0.0786. The zero-order valence-corrected chi connectivity index (χ0v) is 18.5. The second-order valence-electron chi connectivity index (χ2n) is 8.13. The van der Waals surface area contributed by atoms with E-state index in [9.17, 15) is 35.9 Å². The molecule has 1 amide bonds. The highest BCUT2D eigenvalue weighted by Gasteiger charge is 2.44. The van der Waals surface area contributed by atoms with Crippen LogP contribution in [0.1, 0.15) is 41.9 Å². The lowest BCUT2D eigenvalue weighted by atomic mass is 9.92. The lowest BCUT2D eigenvalue weighted by Crippen LogP contribution is -2.42. The third kappa shape index (κ3) is 5.36. The molecule has 10 nitrogen and oxygen atoms in total. The minimum atomic E-state index is -5.13. The summed E-state index contributed by atoms with van der Waals surface area (Å²) in [5.74, 6) is -3.28. The predicted octanol–water partition coefficient (Wildman–Crippen LogP) is 3.56. The molecule has 194 valence electrons. The van der Waals surface area contributed by atoms with Gasteiger partial charge in [-0.25, -0.2) is 14.3 Å². The molecule has 1 aliphatic carbocycles. The van der Waals surface area contributed by atoms with Crippen LogP contribution in [0.15, 0.2) is 24.5 Å². The topological polar surface area (TPSA) is 115 Å². The van der Waals surface area contributed by atoms with Gasteiger partial charge in [0.2, 0.25) is 5.95 Å². The van der Waals surface area contributed by atoms with E-state index in [0.29, 0.717) is 24.8 Å². The van der Waals surface area contributed by atoms with Crippen molar-refractivity contribution in [3.05, 3.63) is 35.9 Å². The van der Waals surface area contributed by atoms with Crippen molar-refractivity contribution in [2.24, 2.45) is 7.05 Å². The molecule has 0 aromatic carbocycles. The Hall–Kier alpha value is -3.85. The smallest absolute Gasteiger partial charge is 0.454 e. The van der Waals surface area contributed by atoms with Gasteiger partial charge in [0.15, 0.2) is 5.69 Å². The van der Waals surface area contributed by atoms with Crippen LogP contribution in [0.3, 0.4) is 0 Å². The van der Waals surface area contributed by atoms with E-state index >= 15 is 0 Å². The summed E-state index contributed by atoms with van der Waals surface area (Å²) in [7, 11) is 1.27. The maximum atomic E-state index is 13.2. The van der Waals surface area contributed by atoms with Gasteiger partial charge in [-0.15, -0.1) is 5.10 Å². The second kappa shape index (κ2) is 9.31. The number of nitrogens with zero attached hydrogens (tertiary/aromatic N) is 5. The number of anilines is 2. The summed E-state index contributed by atoms with van der Waals surface area (Å²) in [5, 5.41) is 12.5. The van der Waals surface area contributed by atoms with Gasteiger partial charge >= 0.3 is 18.3 Å². The normalized spacial score (nSPS) is 18.8. The standard InChI is InChI=1S/C20H19F6N7O3/c1-32-9-12(15(30-32)19(21,22)23)28-16(34)13-7-6-10-8-27-18(31-33(10)13)29-11-4-2-3-5-14(11)36-17(35)20(24,25)26/h6-9,11,14H,2-5H2,1H3,(H,28,34)(H,29,31)/t11-,14+/m1/s1. The molecule has 0 unspecified atom stereocenters. The molecule has 0 saturated heterocycles. The number of aryl methyl sites for hydroxylation is 1. The van der Waals surface area contributed by atoms with E-state index in [4.69, 9.17) is 0 Å². The van der Waals surface area contributed by atoms with E-state index in [1.54, 1.807) is 0 Å². The Labute approximate surface area is 198 Å². The first-order valence-corrected chi connectivity index (χ1v) is 10.6. The van der Waals surface area contributed by atoms with Crippen LogP contribution in [0, 0.1) is 0 Å². The Morgan fingerprint density at radius 3 is 2.50 bits per heavy atom. The molecule has 1 aliphatic rings. The van der Waals surface area contributed by atoms with Crippen LogP contribution < -0.4 is 10.6 Å². The summed E-state index contributed by atoms with van der Waals surface area (Å²) < 4.78 is 84.2. The van der Waals surface area contributed by atoms with Crippen LogP contribution in [-0.2, 0) is 22.8 Å². The first-order chi connectivity index (χ1) is 16.8. The molecule has 0 radical (unpaired) electrons. The van der Waals surface area contributed by atoms with Crippen LogP contribution in [0.4, 0.5) is 38.0 Å². The number of halogens is 6. The fraction of sp³-hybridized carbons (Fsp3) is 0.450. The van der Waals surface area contributed by atoms with Crippen molar-refractivity contribution in [1.29, 1.82) is 0 Å². The van der Waals surface area contributed by atoms with Gasteiger partial charge < -0.3 is 15.4 Å². The molecule has 1 fully saturated rings. The highest BCUT2D eigenvalue weighted by molar-refractivity contribution is 6.04. The van der Waals surface area contributed by atoms with Gasteiger partial charge in [-0.05, 0) is 31.4 Å². The Morgan fingerprint density at radius 1 is 1.08 bits per heavy atom. The van der Waals surface area contributed by atoms with E-state index in [1.807, 2.05) is 0 Å². The van der Waals surface area contributed by atoms with Gasteiger partial charge in [-0.2, -0.15) is 31.4 Å². The Bertz CT molecular complexity index is 1280. The number of aromatic nitrogens is 5. The van der Waals surface area contributed by atoms with Crippen molar-refractivity contribution in [3.8, 4) is 0 Å². The molecule has 3 aromatic heterocycles. The lowest BCUT2D eigenvalue weighted by Gasteiger charge is -2.31. The van der Waals surface area contributed by atoms with E-state index in [2.05, 4.69) is 30.6 Å². The fourth-order valence-electron chi connectivity index (χ4n) is 3.89. The number of nitrogens with one attached hydrogen (secondary N) is 2. The Kier molecular flexibility index (Phi) is 6.53. The predicted molar refractivity (Wildman–Crippen MR) is 111 cm³/mol. The van der Waals surface area contributed by atoms with Gasteiger partial charge in [0.1, 0.15) is 11.8 Å². The zero-order chi connectivity index (χ0) is 26.3. The Balaban J connectivity index is 1.55. The first kappa shape index (κ1) is 25.2. The quantitative estimate of drug-likeness (QED) is 0.391. The average Bonchev–Trinajstić information content (AvgIpc) is 3.37. The molecule has 0 spiro atoms. The summed E-state index contributed by atoms with van der Waals surface area (Å²) in [6, 6.07) is 2.06. The molecule has 4 rings (SSSR count). The summed E-state index contributed by atoms with van der Waals surface area (Å²) in [5.41, 5.74) is -1.62. The molecular weight excluding hydrogens is 500 g/mol. The van der Waals surface area contributed by atoms with E-state index < -0.39 is 47.8 Å². The molecule has 3 heterocycles. The molecule has 0 aliphatic heterocycles. The van der Waals surface area contributed by atoms with Crippen molar-refractivity contribution in [2.45, 2.75) is 50.2 Å². The van der Waals surface area contributed by atoms with Crippen LogP contribution in [-0.4, -0.2) is 54.6 Å². The number of rotatable bonds is 5. The second-order valence-corrected chi connectivity index (χ2v) is 8.13. The van der Waals surface area contributed by atoms with E-state index in [0.717, 1.165) is 15.4 Å². The lowest BCUT2D eigenvalue weighted by molar-refractivity contribution is -0.206. The molecule has 3 aromatic rings. The van der Waals surface area contributed by atoms with Crippen LogP contribution in [0.5, 0.6) is 0 Å². The van der Waals surface area contributed by atoms with Gasteiger partial charge in [-0.1, -0.05) is 6.42 Å². The molecule has 1 saturated carbocycles. The van der Waals surface area contributed by atoms with Crippen LogP contribution in [0.2, 0.25) is 0 Å². The van der Waals surface area contributed by atoms with E-state index in [1.165, 1.54) is 25.4 Å². The van der Waals surface area contributed by atoms with Gasteiger partial charge in [0.05, 0.1) is 23.4 Å². The van der Waals surface area contributed by atoms with E-state index in [-0.39, 0.29) is 18.1 Å². The molecule has 2 N–H and O–H groups in total. The van der Waals surface area contributed by atoms with Crippen molar-refractivity contribution < 1.29 is 40.7 Å². The number of ether oxygens (including phenoxy) is 1. The van der Waals surface area contributed by atoms with Gasteiger partial charge in [-0.3, -0.25) is 9.48 Å². The van der Waals surface area contributed by atoms with Crippen molar-refractivity contribution in [2.75, 3.05) is 10.6 Å². The number of esters is 1. The number of carbonyl (C=O) groups excluding carboxylic acids is 2. The number of fused-ring (bicyclic) bond motifs is 1. The summed E-state index contributed by atoms with van der Waals surface area (Å²) in [6.45, 7) is 0. The number of amides is 1. The maximum absolute atomic E-state index is 13.2. The maximum Gasteiger partial charge on any atom is 0.490 e. The van der Waals surface area contributed by atoms with Crippen molar-refractivity contribution in [3.63, 3.8) is 0 Å². The van der Waals surface area contributed by atoms with Crippen LogP contribution in [0.25, 0.3) is 5.52 Å². The SMILES string of the molecule is Cn1cc(NC(=O)c2ccc3cnc(N[C@@H]4CCCC[C@@H]4OC(=O)C(F)(F)F)nn23)c(C(F)(F)F)n1. The average molecular weight is 519 g/mol. The number of hydrogen-bond acceptors (Lipinski definition) is 7. The summed E-state index contributed by atoms with van der Waals surface area (Å²) in [6.07, 6.45) is -6.90. The minimum Gasteiger partial charge on any atom is -0.454 e. The third-order valence-corrected chi connectivity index (χ3v) is 5.48.